The summed E-state index contributed by atoms with van der Waals surface area (Å²) in [5.41, 5.74) is 5.44. The van der Waals surface area contributed by atoms with Crippen molar-refractivity contribution in [1.82, 2.24) is 20.0 Å². The van der Waals surface area contributed by atoms with E-state index in [2.05, 4.69) is 10.4 Å². The summed E-state index contributed by atoms with van der Waals surface area (Å²) >= 11 is 1.48. The Balaban J connectivity index is 1.49. The number of aromatic hydroxyl groups is 2. The highest BCUT2D eigenvalue weighted by molar-refractivity contribution is 7.07. The Morgan fingerprint density at radius 3 is 2.31 bits per heavy atom. The third-order valence-corrected chi connectivity index (χ3v) is 9.47. The maximum Gasteiger partial charge on any atom is 0.276 e. The maximum absolute atomic E-state index is 14.2. The molecular formula is C31H26N4O9S. The van der Waals surface area contributed by atoms with Gasteiger partial charge in [0.2, 0.25) is 0 Å². The van der Waals surface area contributed by atoms with Crippen LogP contribution >= 0.6 is 11.3 Å². The summed E-state index contributed by atoms with van der Waals surface area (Å²) in [5.74, 6) is -1.39. The first-order valence-corrected chi connectivity index (χ1v) is 15.0. The summed E-state index contributed by atoms with van der Waals surface area (Å²) in [5, 5.41) is 69.7. The lowest BCUT2D eigenvalue weighted by molar-refractivity contribution is -0.249. The molecular weight excluding hydrogens is 604 g/mol. The van der Waals surface area contributed by atoms with Crippen molar-refractivity contribution in [2.75, 3.05) is 6.61 Å². The first-order chi connectivity index (χ1) is 21.7. The molecule has 2 amide bonds. The van der Waals surface area contributed by atoms with E-state index < -0.39 is 49.1 Å². The van der Waals surface area contributed by atoms with E-state index in [4.69, 9.17) is 4.74 Å². The summed E-state index contributed by atoms with van der Waals surface area (Å²) in [7, 11) is 0. The topological polar surface area (TPSA) is 201 Å². The summed E-state index contributed by atoms with van der Waals surface area (Å²) in [6.07, 6.45) is -7.70. The number of thiophene rings is 1. The van der Waals surface area contributed by atoms with Gasteiger partial charge in [-0.25, -0.2) is 10.4 Å². The van der Waals surface area contributed by atoms with E-state index in [0.717, 1.165) is 10.6 Å². The maximum atomic E-state index is 14.2. The molecule has 230 valence electrons. The van der Waals surface area contributed by atoms with Crippen LogP contribution in [0.5, 0.6) is 11.5 Å². The van der Waals surface area contributed by atoms with Gasteiger partial charge in [-0.1, -0.05) is 0 Å². The second-order valence-corrected chi connectivity index (χ2v) is 12.1. The molecule has 2 aliphatic rings. The van der Waals surface area contributed by atoms with Crippen molar-refractivity contribution in [2.45, 2.75) is 37.2 Å². The van der Waals surface area contributed by atoms with Gasteiger partial charge in [0.05, 0.1) is 39.8 Å². The minimum Gasteiger partial charge on any atom is -0.508 e. The Hall–Kier alpha value is -4.54. The summed E-state index contributed by atoms with van der Waals surface area (Å²) in [6.45, 7) is -0.457. The number of ether oxygens (including phenoxy) is 1. The van der Waals surface area contributed by atoms with Crippen molar-refractivity contribution in [3.63, 3.8) is 0 Å². The number of carbonyl (C=O) groups excluding carboxylic acids is 2. The number of H-pyrrole nitrogens is 1. The van der Waals surface area contributed by atoms with Gasteiger partial charge >= 0.3 is 0 Å². The van der Waals surface area contributed by atoms with Crippen molar-refractivity contribution < 1.29 is 45.0 Å². The van der Waals surface area contributed by atoms with Gasteiger partial charge < -0.3 is 44.9 Å². The highest BCUT2D eigenvalue weighted by Gasteiger charge is 2.47. The number of carbonyl (C=O) groups is 2. The minimum atomic E-state index is -1.71. The quantitative estimate of drug-likeness (QED) is 0.131. The molecule has 5 heterocycles. The second-order valence-electron chi connectivity index (χ2n) is 11.3. The van der Waals surface area contributed by atoms with Crippen LogP contribution in [0.4, 0.5) is 0 Å². The zero-order chi connectivity index (χ0) is 31.3. The molecule has 3 aromatic heterocycles. The molecule has 8 rings (SSSR count). The normalized spacial score (nSPS) is 23.7. The summed E-state index contributed by atoms with van der Waals surface area (Å²) in [4.78, 5) is 31.6. The van der Waals surface area contributed by atoms with Crippen LogP contribution in [0, 0.1) is 0 Å². The van der Waals surface area contributed by atoms with E-state index in [1.54, 1.807) is 12.1 Å². The summed E-state index contributed by atoms with van der Waals surface area (Å²) in [6, 6.07) is 10.8. The van der Waals surface area contributed by atoms with Crippen LogP contribution in [-0.4, -0.2) is 88.0 Å². The van der Waals surface area contributed by atoms with Crippen LogP contribution < -0.4 is 5.43 Å². The monoisotopic (exact) mass is 630 g/mol. The highest BCUT2D eigenvalue weighted by Crippen LogP contribution is 2.47. The number of phenolic OH excluding ortho intramolecular Hbond substituents is 2. The summed E-state index contributed by atoms with van der Waals surface area (Å²) < 4.78 is 7.48. The number of aromatic amines is 1. The molecule has 0 bridgehead atoms. The molecule has 8 N–H and O–H groups in total. The van der Waals surface area contributed by atoms with Crippen molar-refractivity contribution in [2.24, 2.45) is 0 Å². The standard InChI is InChI=1S/C31H26N4O9S/c36-10-19-26(39)27(40)28(41)31(44-19)34-18-8-14(38)2-4-16(18)21-23-22(29(42)35(30(23)43)32-9-12-5-6-45-11-12)20-15-3-1-13(37)7-17(15)33-24(20)25(21)34/h1-8,11,19,26-28,31-33,36-41H,9-10H2. The number of aliphatic hydroxyl groups is 4. The third kappa shape index (κ3) is 3.88. The first kappa shape index (κ1) is 28.0. The molecule has 5 atom stereocenters. The first-order valence-electron chi connectivity index (χ1n) is 14.1. The number of aliphatic hydroxyl groups excluding tert-OH is 4. The highest BCUT2D eigenvalue weighted by atomic mass is 32.1. The Bertz CT molecular complexity index is 2190. The number of nitrogens with one attached hydrogen (secondary N) is 2. The molecule has 0 radical (unpaired) electrons. The fourth-order valence-electron chi connectivity index (χ4n) is 6.68. The Labute approximate surface area is 256 Å². The number of rotatable bonds is 5. The minimum absolute atomic E-state index is 0.0391. The van der Waals surface area contributed by atoms with Crippen LogP contribution in [-0.2, 0) is 11.3 Å². The van der Waals surface area contributed by atoms with Gasteiger partial charge in [-0.3, -0.25) is 9.59 Å². The molecule has 0 spiro atoms. The van der Waals surface area contributed by atoms with E-state index in [-0.39, 0.29) is 34.7 Å². The molecule has 6 aromatic rings. The number of aromatic nitrogens is 2. The average molecular weight is 631 g/mol. The van der Waals surface area contributed by atoms with E-state index in [1.807, 2.05) is 16.8 Å². The fourth-order valence-corrected chi connectivity index (χ4v) is 7.35. The largest absolute Gasteiger partial charge is 0.508 e. The van der Waals surface area contributed by atoms with Crippen molar-refractivity contribution in [3.05, 3.63) is 69.9 Å². The van der Waals surface area contributed by atoms with Crippen LogP contribution in [0.15, 0.2) is 53.2 Å². The van der Waals surface area contributed by atoms with Crippen LogP contribution in [0.1, 0.15) is 32.5 Å². The average Bonchev–Trinajstić information content (AvgIpc) is 3.79. The molecule has 0 aliphatic carbocycles. The number of imide groups is 1. The number of hydrazine groups is 1. The van der Waals surface area contributed by atoms with Gasteiger partial charge in [0, 0.05) is 40.2 Å². The van der Waals surface area contributed by atoms with Gasteiger partial charge in [0.15, 0.2) is 6.23 Å². The van der Waals surface area contributed by atoms with Crippen LogP contribution in [0.2, 0.25) is 0 Å². The van der Waals surface area contributed by atoms with Crippen molar-refractivity contribution >= 4 is 66.8 Å². The fraction of sp³-hybridized carbons (Fsp3) is 0.226. The predicted octanol–water partition coefficient (Wildman–Crippen LogP) is 2.17. The van der Waals surface area contributed by atoms with E-state index >= 15 is 0 Å². The molecule has 45 heavy (non-hydrogen) atoms. The van der Waals surface area contributed by atoms with Crippen LogP contribution in [0.25, 0.3) is 43.6 Å². The SMILES string of the molecule is O=C1c2c(c3c4ccc(O)cc4n(C4OC(CO)C(O)C(O)C4O)c3c3[nH]c4cc(O)ccc4c23)C(=O)N1NCc1ccsc1. The number of hydrogen-bond acceptors (Lipinski definition) is 11. The number of hydrogen-bond donors (Lipinski definition) is 8. The van der Waals surface area contributed by atoms with Crippen molar-refractivity contribution in [1.29, 1.82) is 0 Å². The zero-order valence-corrected chi connectivity index (χ0v) is 24.0. The van der Waals surface area contributed by atoms with E-state index in [1.165, 1.54) is 40.2 Å². The third-order valence-electron chi connectivity index (χ3n) is 8.73. The molecule has 3 aromatic carbocycles. The molecule has 1 fully saturated rings. The predicted molar refractivity (Wildman–Crippen MR) is 163 cm³/mol. The Morgan fingerprint density at radius 2 is 1.60 bits per heavy atom. The zero-order valence-electron chi connectivity index (χ0n) is 23.2. The number of nitrogens with zero attached hydrogens (tertiary/aromatic N) is 2. The lowest BCUT2D eigenvalue weighted by Crippen LogP contribution is -2.56. The van der Waals surface area contributed by atoms with Crippen LogP contribution in [0.3, 0.4) is 0 Å². The molecule has 13 nitrogen and oxygen atoms in total. The second kappa shape index (κ2) is 9.98. The van der Waals surface area contributed by atoms with E-state index in [9.17, 15) is 40.2 Å². The number of phenols is 2. The Morgan fingerprint density at radius 1 is 0.889 bits per heavy atom. The number of fused-ring (bicyclic) bond motifs is 10. The molecule has 5 unspecified atom stereocenters. The lowest BCUT2D eigenvalue weighted by Gasteiger charge is -2.41. The lowest BCUT2D eigenvalue weighted by atomic mass is 9.96. The van der Waals surface area contributed by atoms with Gasteiger partial charge in [-0.15, -0.1) is 0 Å². The Kier molecular flexibility index (Phi) is 6.21. The number of amides is 2. The number of benzene rings is 3. The molecule has 2 aliphatic heterocycles. The smallest absolute Gasteiger partial charge is 0.276 e. The molecule has 14 heteroatoms. The molecule has 1 saturated heterocycles. The van der Waals surface area contributed by atoms with Gasteiger partial charge in [-0.2, -0.15) is 11.3 Å². The van der Waals surface area contributed by atoms with E-state index in [0.29, 0.717) is 38.1 Å². The van der Waals surface area contributed by atoms with Gasteiger partial charge in [0.25, 0.3) is 11.8 Å². The van der Waals surface area contributed by atoms with Crippen molar-refractivity contribution in [3.8, 4) is 11.5 Å². The van der Waals surface area contributed by atoms with Gasteiger partial charge in [-0.05, 0) is 46.7 Å². The molecule has 0 saturated carbocycles. The van der Waals surface area contributed by atoms with Gasteiger partial charge in [0.1, 0.15) is 35.9 Å².